The lowest BCUT2D eigenvalue weighted by molar-refractivity contribution is -0.144. The summed E-state index contributed by atoms with van der Waals surface area (Å²) in [6, 6.07) is -0.00811. The highest BCUT2D eigenvalue weighted by Gasteiger charge is 2.38. The van der Waals surface area contributed by atoms with E-state index >= 15 is 0 Å². The minimum atomic E-state index is -0.0470. The third-order valence-corrected chi connectivity index (χ3v) is 4.80. The largest absolute Gasteiger partial charge is 0.381 e. The Labute approximate surface area is 124 Å². The van der Waals surface area contributed by atoms with E-state index in [0.717, 1.165) is 12.8 Å². The summed E-state index contributed by atoms with van der Waals surface area (Å²) in [4.78, 5) is 39.3. The van der Waals surface area contributed by atoms with Crippen LogP contribution < -0.4 is 0 Å². The van der Waals surface area contributed by atoms with Crippen molar-refractivity contribution in [2.45, 2.75) is 44.6 Å². The molecule has 3 rings (SSSR count). The number of hydrogen-bond acceptors (Lipinski definition) is 4. The van der Waals surface area contributed by atoms with E-state index in [0.29, 0.717) is 52.0 Å². The van der Waals surface area contributed by atoms with Gasteiger partial charge in [-0.2, -0.15) is 0 Å². The lowest BCUT2D eigenvalue weighted by Crippen LogP contribution is -2.50. The number of imide groups is 1. The third-order valence-electron chi connectivity index (χ3n) is 4.80. The van der Waals surface area contributed by atoms with E-state index in [-0.39, 0.29) is 29.7 Å². The van der Waals surface area contributed by atoms with Crippen LogP contribution in [0.5, 0.6) is 0 Å². The molecule has 0 bridgehead atoms. The highest BCUT2D eigenvalue weighted by atomic mass is 16.5. The number of carbonyl (C=O) groups is 3. The molecule has 6 nitrogen and oxygen atoms in total. The first-order valence-corrected chi connectivity index (χ1v) is 7.88. The van der Waals surface area contributed by atoms with Crippen LogP contribution in [0.1, 0.15) is 38.5 Å². The van der Waals surface area contributed by atoms with Crippen LogP contribution in [-0.2, 0) is 19.1 Å². The fourth-order valence-corrected chi connectivity index (χ4v) is 3.55. The van der Waals surface area contributed by atoms with Crippen LogP contribution in [0.25, 0.3) is 0 Å². The quantitative estimate of drug-likeness (QED) is 0.698. The number of nitrogens with zero attached hydrogens (tertiary/aromatic N) is 2. The van der Waals surface area contributed by atoms with Crippen molar-refractivity contribution < 1.29 is 19.1 Å². The van der Waals surface area contributed by atoms with Crippen LogP contribution >= 0.6 is 0 Å². The molecule has 3 amide bonds. The van der Waals surface area contributed by atoms with Gasteiger partial charge in [0, 0.05) is 51.1 Å². The number of piperidine rings is 1. The van der Waals surface area contributed by atoms with E-state index in [9.17, 15) is 14.4 Å². The van der Waals surface area contributed by atoms with E-state index in [2.05, 4.69) is 0 Å². The average molecular weight is 294 g/mol. The van der Waals surface area contributed by atoms with Crippen molar-refractivity contribution in [1.82, 2.24) is 9.80 Å². The molecule has 3 saturated heterocycles. The van der Waals surface area contributed by atoms with Gasteiger partial charge in [-0.15, -0.1) is 0 Å². The van der Waals surface area contributed by atoms with Gasteiger partial charge in [0.05, 0.1) is 0 Å². The van der Waals surface area contributed by atoms with Gasteiger partial charge in [-0.05, 0) is 25.7 Å². The SMILES string of the molecule is O=C(C1CCOCC1)N1CCC(N2C(=O)CCC2=O)CC1. The maximum Gasteiger partial charge on any atom is 0.229 e. The second-order valence-electron chi connectivity index (χ2n) is 6.10. The second-order valence-corrected chi connectivity index (χ2v) is 6.10. The van der Waals surface area contributed by atoms with E-state index < -0.39 is 0 Å². The smallest absolute Gasteiger partial charge is 0.229 e. The van der Waals surface area contributed by atoms with Gasteiger partial charge in [-0.25, -0.2) is 0 Å². The lowest BCUT2D eigenvalue weighted by Gasteiger charge is -2.37. The zero-order valence-corrected chi connectivity index (χ0v) is 12.3. The molecule has 0 atom stereocenters. The Kier molecular flexibility index (Phi) is 4.24. The molecule has 116 valence electrons. The van der Waals surface area contributed by atoms with Gasteiger partial charge in [0.1, 0.15) is 0 Å². The third kappa shape index (κ3) is 2.95. The Balaban J connectivity index is 1.54. The van der Waals surface area contributed by atoms with Gasteiger partial charge in [0.15, 0.2) is 0 Å². The van der Waals surface area contributed by atoms with Gasteiger partial charge in [0.2, 0.25) is 17.7 Å². The predicted molar refractivity (Wildman–Crippen MR) is 74.2 cm³/mol. The summed E-state index contributed by atoms with van der Waals surface area (Å²) in [6.45, 7) is 2.64. The molecule has 0 unspecified atom stereocenters. The molecule has 0 spiro atoms. The number of amides is 3. The van der Waals surface area contributed by atoms with E-state index in [4.69, 9.17) is 4.74 Å². The fraction of sp³-hybridized carbons (Fsp3) is 0.800. The number of carbonyl (C=O) groups excluding carboxylic acids is 3. The summed E-state index contributed by atoms with van der Waals surface area (Å²) < 4.78 is 5.29. The van der Waals surface area contributed by atoms with Gasteiger partial charge in [0.25, 0.3) is 0 Å². The van der Waals surface area contributed by atoms with Gasteiger partial charge < -0.3 is 9.64 Å². The fourth-order valence-electron chi connectivity index (χ4n) is 3.55. The molecule has 0 aromatic carbocycles. The molecule has 3 heterocycles. The monoisotopic (exact) mass is 294 g/mol. The minimum Gasteiger partial charge on any atom is -0.381 e. The van der Waals surface area contributed by atoms with Crippen molar-refractivity contribution in [3.63, 3.8) is 0 Å². The van der Waals surface area contributed by atoms with E-state index in [1.165, 1.54) is 4.90 Å². The number of likely N-dealkylation sites (tertiary alicyclic amines) is 2. The summed E-state index contributed by atoms with van der Waals surface area (Å²) in [5.74, 6) is 0.213. The number of hydrogen-bond donors (Lipinski definition) is 0. The lowest BCUT2D eigenvalue weighted by atomic mass is 9.96. The van der Waals surface area contributed by atoms with Crippen LogP contribution in [-0.4, -0.2) is 59.9 Å². The first-order valence-electron chi connectivity index (χ1n) is 7.88. The Hall–Kier alpha value is -1.43. The summed E-state index contributed by atoms with van der Waals surface area (Å²) in [6.07, 6.45) is 3.74. The first-order chi connectivity index (χ1) is 10.2. The maximum absolute atomic E-state index is 12.4. The topological polar surface area (TPSA) is 66.9 Å². The standard InChI is InChI=1S/C15H22N2O4/c18-13-1-2-14(19)17(13)12-3-7-16(8-4-12)15(20)11-5-9-21-10-6-11/h11-12H,1-10H2. The second kappa shape index (κ2) is 6.13. The van der Waals surface area contributed by atoms with Gasteiger partial charge in [-0.1, -0.05) is 0 Å². The van der Waals surface area contributed by atoms with Crippen LogP contribution in [0.4, 0.5) is 0 Å². The summed E-state index contributed by atoms with van der Waals surface area (Å²) in [5, 5.41) is 0. The van der Waals surface area contributed by atoms with Crippen molar-refractivity contribution in [2.75, 3.05) is 26.3 Å². The van der Waals surface area contributed by atoms with Crippen molar-refractivity contribution in [3.8, 4) is 0 Å². The summed E-state index contributed by atoms with van der Waals surface area (Å²) in [7, 11) is 0. The molecule has 0 saturated carbocycles. The van der Waals surface area contributed by atoms with Crippen LogP contribution in [0.15, 0.2) is 0 Å². The minimum absolute atomic E-state index is 0.00811. The van der Waals surface area contributed by atoms with E-state index in [1.807, 2.05) is 4.90 Å². The van der Waals surface area contributed by atoms with Crippen molar-refractivity contribution in [3.05, 3.63) is 0 Å². The van der Waals surface area contributed by atoms with E-state index in [1.54, 1.807) is 0 Å². The summed E-state index contributed by atoms with van der Waals surface area (Å²) in [5.41, 5.74) is 0. The van der Waals surface area contributed by atoms with Crippen molar-refractivity contribution >= 4 is 17.7 Å². The average Bonchev–Trinajstić information content (AvgIpc) is 2.87. The van der Waals surface area contributed by atoms with Crippen molar-refractivity contribution in [1.29, 1.82) is 0 Å². The van der Waals surface area contributed by atoms with Gasteiger partial charge in [-0.3, -0.25) is 19.3 Å². The molecule has 0 N–H and O–H groups in total. The number of rotatable bonds is 2. The van der Waals surface area contributed by atoms with Crippen LogP contribution in [0.3, 0.4) is 0 Å². The van der Waals surface area contributed by atoms with Gasteiger partial charge >= 0.3 is 0 Å². The maximum atomic E-state index is 12.4. The molecule has 6 heteroatoms. The Morgan fingerprint density at radius 1 is 0.952 bits per heavy atom. The molecular formula is C15H22N2O4. The molecule has 3 fully saturated rings. The normalized spacial score (nSPS) is 25.7. The molecular weight excluding hydrogens is 272 g/mol. The Morgan fingerprint density at radius 3 is 2.10 bits per heavy atom. The number of ether oxygens (including phenoxy) is 1. The highest BCUT2D eigenvalue weighted by Crippen LogP contribution is 2.25. The predicted octanol–water partition coefficient (Wildman–Crippen LogP) is 0.553. The summed E-state index contributed by atoms with van der Waals surface area (Å²) >= 11 is 0. The van der Waals surface area contributed by atoms with Crippen LogP contribution in [0, 0.1) is 5.92 Å². The Bertz CT molecular complexity index is 421. The first kappa shape index (κ1) is 14.5. The zero-order chi connectivity index (χ0) is 14.8. The molecule has 0 aliphatic carbocycles. The Morgan fingerprint density at radius 2 is 1.52 bits per heavy atom. The molecule has 0 aromatic rings. The zero-order valence-electron chi connectivity index (χ0n) is 12.3. The van der Waals surface area contributed by atoms with Crippen LogP contribution in [0.2, 0.25) is 0 Å². The molecule has 0 radical (unpaired) electrons. The molecule has 21 heavy (non-hydrogen) atoms. The molecule has 3 aliphatic rings. The van der Waals surface area contributed by atoms with Crippen molar-refractivity contribution in [2.24, 2.45) is 5.92 Å². The molecule has 0 aromatic heterocycles. The highest BCUT2D eigenvalue weighted by molar-refractivity contribution is 6.02. The molecule has 3 aliphatic heterocycles.